The Hall–Kier alpha value is -3.45. The summed E-state index contributed by atoms with van der Waals surface area (Å²) in [6, 6.07) is 23.3. The molecule has 0 radical (unpaired) electrons. The van der Waals surface area contributed by atoms with Gasteiger partial charge in [0.05, 0.1) is 17.9 Å². The van der Waals surface area contributed by atoms with Gasteiger partial charge in [-0.15, -0.1) is 0 Å². The van der Waals surface area contributed by atoms with Crippen LogP contribution in [-0.4, -0.2) is 58.6 Å². The van der Waals surface area contributed by atoms with E-state index in [2.05, 4.69) is 16.7 Å². The van der Waals surface area contributed by atoms with Gasteiger partial charge in [-0.05, 0) is 74.8 Å². The SMILES string of the molecule is CN(CC#Cc1ccc(F)cc1)C1C[C@@H]2CC[C@H]1[C@@H](C(=O)O)N2C(=O)N(c1ccccc1)c1ccccc1.S.S. The summed E-state index contributed by atoms with van der Waals surface area (Å²) in [5.74, 6) is 4.69. The number of para-hydroxylation sites is 2. The second-order valence-electron chi connectivity index (χ2n) is 9.90. The molecule has 2 saturated heterocycles. The molecule has 3 aromatic rings. The van der Waals surface area contributed by atoms with Gasteiger partial charge in [0.2, 0.25) is 0 Å². The lowest BCUT2D eigenvalue weighted by Gasteiger charge is -2.55. The molecule has 6 rings (SSSR count). The Kier molecular flexibility index (Phi) is 10.7. The van der Waals surface area contributed by atoms with Crippen LogP contribution in [0.2, 0.25) is 0 Å². The number of urea groups is 1. The van der Waals surface area contributed by atoms with Gasteiger partial charge in [0.25, 0.3) is 0 Å². The maximum atomic E-state index is 14.2. The van der Waals surface area contributed by atoms with Crippen molar-refractivity contribution in [1.82, 2.24) is 9.80 Å². The van der Waals surface area contributed by atoms with Crippen LogP contribution < -0.4 is 4.90 Å². The monoisotopic (exact) mass is 579 g/mol. The molecule has 2 aliphatic heterocycles. The minimum atomic E-state index is -0.982. The molecule has 1 N–H and O–H groups in total. The number of carboxylic acid groups (broad SMARTS) is 1. The van der Waals surface area contributed by atoms with E-state index >= 15 is 0 Å². The first-order valence-corrected chi connectivity index (χ1v) is 12.8. The number of aliphatic carboxylic acids is 1. The average Bonchev–Trinajstić information content (AvgIpc) is 2.95. The Bertz CT molecular complexity index is 1310. The highest BCUT2D eigenvalue weighted by atomic mass is 32.1. The number of anilines is 2. The molecule has 4 atom stereocenters. The lowest BCUT2D eigenvalue weighted by atomic mass is 9.70. The van der Waals surface area contributed by atoms with E-state index in [1.165, 1.54) is 12.1 Å². The molecule has 0 spiro atoms. The van der Waals surface area contributed by atoms with Crippen LogP contribution in [0.4, 0.5) is 20.6 Å². The summed E-state index contributed by atoms with van der Waals surface area (Å²) >= 11 is 0. The van der Waals surface area contributed by atoms with Crippen LogP contribution in [0.25, 0.3) is 0 Å². The van der Waals surface area contributed by atoms with Crippen LogP contribution >= 0.6 is 27.0 Å². The fourth-order valence-electron chi connectivity index (χ4n) is 5.84. The number of nitrogens with zero attached hydrogens (tertiary/aromatic N) is 3. The molecular formula is C31H34FN3O3S2. The van der Waals surface area contributed by atoms with Crippen LogP contribution in [0.15, 0.2) is 84.9 Å². The average molecular weight is 580 g/mol. The van der Waals surface area contributed by atoms with Gasteiger partial charge in [0.1, 0.15) is 11.9 Å². The predicted molar refractivity (Wildman–Crippen MR) is 165 cm³/mol. The highest BCUT2D eigenvalue weighted by Gasteiger charge is 2.54. The molecule has 2 bridgehead atoms. The Morgan fingerprint density at radius 1 is 0.925 bits per heavy atom. The minimum absolute atomic E-state index is 0. The number of rotatable bonds is 5. The molecule has 40 heavy (non-hydrogen) atoms. The zero-order valence-electron chi connectivity index (χ0n) is 22.2. The third kappa shape index (κ3) is 6.47. The molecule has 2 amide bonds. The Morgan fingerprint density at radius 3 is 2.05 bits per heavy atom. The van der Waals surface area contributed by atoms with E-state index in [0.29, 0.717) is 24.3 Å². The molecule has 9 heteroatoms. The van der Waals surface area contributed by atoms with Crippen LogP contribution in [0, 0.1) is 23.6 Å². The van der Waals surface area contributed by atoms with Crippen molar-refractivity contribution < 1.29 is 19.1 Å². The lowest BCUT2D eigenvalue weighted by molar-refractivity contribution is -0.152. The second kappa shape index (κ2) is 13.8. The number of amides is 2. The van der Waals surface area contributed by atoms with Crippen molar-refractivity contribution in [3.8, 4) is 11.8 Å². The summed E-state index contributed by atoms with van der Waals surface area (Å²) in [5, 5.41) is 10.4. The number of hydrogen-bond donors (Lipinski definition) is 1. The topological polar surface area (TPSA) is 64.1 Å². The number of carbonyl (C=O) groups excluding carboxylic acids is 1. The third-order valence-electron chi connectivity index (χ3n) is 7.61. The Morgan fingerprint density at radius 2 is 1.50 bits per heavy atom. The fourth-order valence-corrected chi connectivity index (χ4v) is 5.84. The van der Waals surface area contributed by atoms with Crippen LogP contribution in [0.1, 0.15) is 24.8 Å². The third-order valence-corrected chi connectivity index (χ3v) is 7.61. The van der Waals surface area contributed by atoms with E-state index in [-0.39, 0.29) is 56.8 Å². The molecule has 3 fully saturated rings. The predicted octanol–water partition coefficient (Wildman–Crippen LogP) is 5.60. The van der Waals surface area contributed by atoms with Crippen molar-refractivity contribution in [3.05, 3.63) is 96.3 Å². The van der Waals surface area contributed by atoms with E-state index in [4.69, 9.17) is 0 Å². The van der Waals surface area contributed by atoms with Crippen molar-refractivity contribution in [1.29, 1.82) is 0 Å². The summed E-state index contributed by atoms with van der Waals surface area (Å²) in [4.78, 5) is 32.1. The zero-order valence-corrected chi connectivity index (χ0v) is 24.2. The highest BCUT2D eigenvalue weighted by molar-refractivity contribution is 7.59. The first-order chi connectivity index (χ1) is 18.4. The quantitative estimate of drug-likeness (QED) is 0.400. The van der Waals surface area contributed by atoms with Crippen LogP contribution in [0.3, 0.4) is 0 Å². The molecule has 1 saturated carbocycles. The maximum Gasteiger partial charge on any atom is 0.330 e. The molecule has 210 valence electrons. The summed E-state index contributed by atoms with van der Waals surface area (Å²) < 4.78 is 13.2. The van der Waals surface area contributed by atoms with Gasteiger partial charge in [0, 0.05) is 23.6 Å². The summed E-state index contributed by atoms with van der Waals surface area (Å²) in [6.45, 7) is 0.450. The maximum absolute atomic E-state index is 14.2. The molecule has 1 unspecified atom stereocenters. The normalized spacial score (nSPS) is 20.9. The van der Waals surface area contributed by atoms with E-state index in [9.17, 15) is 19.1 Å². The molecule has 1 aliphatic carbocycles. The molecule has 6 nitrogen and oxygen atoms in total. The number of benzene rings is 3. The van der Waals surface area contributed by atoms with E-state index < -0.39 is 12.0 Å². The van der Waals surface area contributed by atoms with Crippen molar-refractivity contribution in [3.63, 3.8) is 0 Å². The standard InChI is InChI=1S/C31H30FN3O3.2H2S/c1-33(20-8-9-22-14-16-23(32)17-15-22)28-21-26-18-19-27(28)29(30(36)37)35(26)31(38)34(24-10-4-2-5-11-24)25-12-6-3-7-13-25;;/h2-7,10-17,26-29H,18-21H2,1H3,(H,36,37);2*1H2/t26-,27+,28?,29-;;/m0../s1. The van der Waals surface area contributed by atoms with Crippen molar-refractivity contribution in [2.24, 2.45) is 5.92 Å². The van der Waals surface area contributed by atoms with Crippen molar-refractivity contribution in [2.45, 2.75) is 37.4 Å². The summed E-state index contributed by atoms with van der Waals surface area (Å²) in [6.07, 6.45) is 2.19. The summed E-state index contributed by atoms with van der Waals surface area (Å²) in [5.41, 5.74) is 2.12. The largest absolute Gasteiger partial charge is 0.480 e. The van der Waals surface area contributed by atoms with Gasteiger partial charge >= 0.3 is 12.0 Å². The lowest BCUT2D eigenvalue weighted by Crippen LogP contribution is -2.68. The fraction of sp³-hybridized carbons (Fsp3) is 0.290. The number of halogens is 1. The van der Waals surface area contributed by atoms with Gasteiger partial charge in [-0.3, -0.25) is 9.80 Å². The van der Waals surface area contributed by atoms with E-state index in [1.807, 2.05) is 67.7 Å². The smallest absolute Gasteiger partial charge is 0.330 e. The number of hydrogen-bond acceptors (Lipinski definition) is 3. The highest BCUT2D eigenvalue weighted by Crippen LogP contribution is 2.43. The van der Waals surface area contributed by atoms with Gasteiger partial charge < -0.3 is 10.0 Å². The minimum Gasteiger partial charge on any atom is -0.480 e. The molecule has 3 aliphatic rings. The number of fused-ring (bicyclic) bond motifs is 3. The number of carboxylic acids is 1. The van der Waals surface area contributed by atoms with Crippen molar-refractivity contribution >= 4 is 50.4 Å². The van der Waals surface area contributed by atoms with E-state index in [1.54, 1.807) is 21.9 Å². The summed E-state index contributed by atoms with van der Waals surface area (Å²) in [7, 11) is 1.95. The van der Waals surface area contributed by atoms with Gasteiger partial charge in [-0.2, -0.15) is 27.0 Å². The van der Waals surface area contributed by atoms with Crippen LogP contribution in [0.5, 0.6) is 0 Å². The number of piperidine rings is 2. The van der Waals surface area contributed by atoms with Crippen molar-refractivity contribution in [2.75, 3.05) is 18.5 Å². The number of carbonyl (C=O) groups is 2. The van der Waals surface area contributed by atoms with Gasteiger partial charge in [-0.25, -0.2) is 14.0 Å². The Labute approximate surface area is 248 Å². The first-order valence-electron chi connectivity index (χ1n) is 12.8. The Balaban J connectivity index is 0.00000220. The molecule has 2 heterocycles. The van der Waals surface area contributed by atoms with E-state index in [0.717, 1.165) is 18.4 Å². The molecule has 0 aromatic heterocycles. The molecular weight excluding hydrogens is 545 g/mol. The van der Waals surface area contributed by atoms with Gasteiger partial charge in [-0.1, -0.05) is 48.2 Å². The molecule has 3 aromatic carbocycles. The second-order valence-corrected chi connectivity index (χ2v) is 9.90. The zero-order chi connectivity index (χ0) is 26.6. The van der Waals surface area contributed by atoms with Gasteiger partial charge in [0.15, 0.2) is 0 Å². The van der Waals surface area contributed by atoms with Crippen LogP contribution in [-0.2, 0) is 4.79 Å². The first kappa shape index (κ1) is 31.1.